The number of benzene rings is 2. The Morgan fingerprint density at radius 2 is 1.92 bits per heavy atom. The molecule has 0 spiro atoms. The number of nitrogens with one attached hydrogen (secondary N) is 2. The van der Waals surface area contributed by atoms with Crippen molar-refractivity contribution in [2.24, 2.45) is 0 Å². The fraction of sp³-hybridized carbons (Fsp3) is 0.0556. The van der Waals surface area contributed by atoms with Gasteiger partial charge < -0.3 is 14.7 Å². The number of imidazole rings is 1. The van der Waals surface area contributed by atoms with Crippen LogP contribution in [-0.2, 0) is 6.61 Å². The van der Waals surface area contributed by atoms with E-state index in [1.54, 1.807) is 18.2 Å². The van der Waals surface area contributed by atoms with Gasteiger partial charge in [-0.1, -0.05) is 34.6 Å². The lowest BCUT2D eigenvalue weighted by molar-refractivity contribution is 0.305. The Bertz CT molecular complexity index is 1020. The van der Waals surface area contributed by atoms with Crippen molar-refractivity contribution in [3.63, 3.8) is 0 Å². The van der Waals surface area contributed by atoms with Gasteiger partial charge in [-0.2, -0.15) is 0 Å². The van der Waals surface area contributed by atoms with E-state index < -0.39 is 0 Å². The van der Waals surface area contributed by atoms with E-state index >= 15 is 0 Å². The van der Waals surface area contributed by atoms with Crippen molar-refractivity contribution in [3.8, 4) is 5.75 Å². The van der Waals surface area contributed by atoms with E-state index in [9.17, 15) is 9.18 Å². The van der Waals surface area contributed by atoms with Crippen molar-refractivity contribution in [2.75, 3.05) is 0 Å². The topological polar surface area (TPSA) is 57.9 Å². The lowest BCUT2D eigenvalue weighted by Crippen LogP contribution is -2.22. The molecule has 24 heavy (non-hydrogen) atoms. The van der Waals surface area contributed by atoms with Crippen LogP contribution in [0.3, 0.4) is 0 Å². The zero-order chi connectivity index (χ0) is 17.1. The summed E-state index contributed by atoms with van der Waals surface area (Å²) in [4.78, 5) is 16.6. The molecule has 2 aromatic carbocycles. The Morgan fingerprint density at radius 1 is 1.17 bits per heavy atom. The number of hydrogen-bond acceptors (Lipinski definition) is 2. The van der Waals surface area contributed by atoms with Gasteiger partial charge in [-0.05, 0) is 42.0 Å². The van der Waals surface area contributed by atoms with Gasteiger partial charge in [-0.25, -0.2) is 9.18 Å². The molecule has 0 unspecified atom stereocenters. The minimum absolute atomic E-state index is 0.282. The van der Waals surface area contributed by atoms with Gasteiger partial charge in [0.05, 0.1) is 10.7 Å². The van der Waals surface area contributed by atoms with Gasteiger partial charge in [0.25, 0.3) is 0 Å². The third-order valence-corrected chi connectivity index (χ3v) is 3.91. The van der Waals surface area contributed by atoms with Crippen LogP contribution in [0.25, 0.3) is 12.7 Å². The van der Waals surface area contributed by atoms with Crippen molar-refractivity contribution in [2.45, 2.75) is 6.61 Å². The van der Waals surface area contributed by atoms with E-state index in [1.807, 2.05) is 18.2 Å². The molecule has 4 nitrogen and oxygen atoms in total. The quantitative estimate of drug-likeness (QED) is 0.720. The predicted octanol–water partition coefficient (Wildman–Crippen LogP) is 2.42. The molecule has 0 fully saturated rings. The molecule has 1 heterocycles. The first-order chi connectivity index (χ1) is 11.5. The van der Waals surface area contributed by atoms with Gasteiger partial charge in [-0.15, -0.1) is 0 Å². The molecule has 0 radical (unpaired) electrons. The van der Waals surface area contributed by atoms with Crippen molar-refractivity contribution in [1.29, 1.82) is 0 Å². The molecule has 0 amide bonds. The molecule has 0 saturated carbocycles. The Morgan fingerprint density at radius 3 is 2.58 bits per heavy atom. The van der Waals surface area contributed by atoms with Crippen molar-refractivity contribution < 1.29 is 9.13 Å². The molecule has 3 aromatic rings. The molecular formula is C18H14BrFN2O2. The molecule has 0 aliphatic carbocycles. The standard InChI is InChI=1S/C18H14BrFN2O2/c1-11-16(22-18(23)21-11)9-13-8-14(19)4-7-17(13)24-10-12-2-5-15(20)6-3-12/h2-9H,1,10H2,(H2,21,22,23)/b16-9+. The highest BCUT2D eigenvalue weighted by atomic mass is 79.9. The van der Waals surface area contributed by atoms with Gasteiger partial charge in [0.15, 0.2) is 0 Å². The van der Waals surface area contributed by atoms with Gasteiger partial charge in [-0.3, -0.25) is 0 Å². The van der Waals surface area contributed by atoms with Crippen molar-refractivity contribution in [1.82, 2.24) is 9.97 Å². The van der Waals surface area contributed by atoms with Gasteiger partial charge in [0.2, 0.25) is 0 Å². The van der Waals surface area contributed by atoms with Gasteiger partial charge in [0.1, 0.15) is 18.2 Å². The van der Waals surface area contributed by atoms with Gasteiger partial charge in [0, 0.05) is 10.0 Å². The minimum Gasteiger partial charge on any atom is -0.488 e. The zero-order valence-electron chi connectivity index (χ0n) is 12.6. The number of aromatic nitrogens is 2. The summed E-state index contributed by atoms with van der Waals surface area (Å²) in [5.74, 6) is 0.361. The summed E-state index contributed by atoms with van der Waals surface area (Å²) >= 11 is 3.42. The second-order valence-electron chi connectivity index (χ2n) is 5.21. The maximum atomic E-state index is 13.0. The van der Waals surface area contributed by atoms with Crippen LogP contribution >= 0.6 is 15.9 Å². The van der Waals surface area contributed by atoms with E-state index in [2.05, 4.69) is 32.5 Å². The molecule has 2 N–H and O–H groups in total. The first kappa shape index (κ1) is 16.3. The normalized spacial score (nSPS) is 11.7. The molecule has 0 saturated heterocycles. The largest absolute Gasteiger partial charge is 0.488 e. The van der Waals surface area contributed by atoms with Crippen molar-refractivity contribution >= 4 is 28.6 Å². The molecule has 0 atom stereocenters. The van der Waals surface area contributed by atoms with Crippen LogP contribution in [0.1, 0.15) is 11.1 Å². The Hall–Kier alpha value is -2.60. The van der Waals surface area contributed by atoms with Crippen LogP contribution in [0.15, 0.2) is 51.7 Å². The van der Waals surface area contributed by atoms with E-state index in [4.69, 9.17) is 4.74 Å². The van der Waals surface area contributed by atoms with Crippen LogP contribution < -0.4 is 21.1 Å². The highest BCUT2D eigenvalue weighted by Gasteiger charge is 2.04. The number of rotatable bonds is 4. The molecular weight excluding hydrogens is 375 g/mol. The van der Waals surface area contributed by atoms with Crippen LogP contribution in [-0.4, -0.2) is 9.97 Å². The molecule has 3 rings (SSSR count). The lowest BCUT2D eigenvalue weighted by atomic mass is 10.2. The SMILES string of the molecule is C=c1[nH]c(=O)[nH]/c1=C/c1cc(Br)ccc1OCc1ccc(F)cc1. The predicted molar refractivity (Wildman–Crippen MR) is 94.6 cm³/mol. The van der Waals surface area contributed by atoms with Crippen LogP contribution in [0, 0.1) is 5.82 Å². The zero-order valence-corrected chi connectivity index (χ0v) is 14.2. The maximum absolute atomic E-state index is 13.0. The van der Waals surface area contributed by atoms with Crippen molar-refractivity contribution in [3.05, 3.63) is 85.1 Å². The third kappa shape index (κ3) is 3.83. The minimum atomic E-state index is -0.310. The second kappa shape index (κ2) is 6.88. The number of ether oxygens (including phenoxy) is 1. The summed E-state index contributed by atoms with van der Waals surface area (Å²) in [5, 5.41) is 1.09. The summed E-state index contributed by atoms with van der Waals surface area (Å²) < 4.78 is 19.7. The summed E-state index contributed by atoms with van der Waals surface area (Å²) in [6, 6.07) is 11.7. The van der Waals surface area contributed by atoms with E-state index in [0.717, 1.165) is 15.6 Å². The monoisotopic (exact) mass is 388 g/mol. The molecule has 0 bridgehead atoms. The summed E-state index contributed by atoms with van der Waals surface area (Å²) in [7, 11) is 0. The first-order valence-electron chi connectivity index (χ1n) is 7.17. The Kier molecular flexibility index (Phi) is 4.66. The summed E-state index contributed by atoms with van der Waals surface area (Å²) in [5.41, 5.74) is 1.33. The Labute approximate surface area is 145 Å². The van der Waals surface area contributed by atoms with Crippen LogP contribution in [0.5, 0.6) is 5.75 Å². The number of H-pyrrole nitrogens is 2. The smallest absolute Gasteiger partial charge is 0.323 e. The van der Waals surface area contributed by atoms with Crippen LogP contribution in [0.4, 0.5) is 4.39 Å². The molecule has 122 valence electrons. The highest BCUT2D eigenvalue weighted by molar-refractivity contribution is 9.10. The molecule has 0 aliphatic rings. The lowest BCUT2D eigenvalue weighted by Gasteiger charge is -2.10. The average Bonchev–Trinajstić information content (AvgIpc) is 2.86. The van der Waals surface area contributed by atoms with Gasteiger partial charge >= 0.3 is 5.69 Å². The first-order valence-corrected chi connectivity index (χ1v) is 7.96. The summed E-state index contributed by atoms with van der Waals surface area (Å²) in [6.45, 7) is 4.09. The molecule has 6 heteroatoms. The number of aromatic amines is 2. The fourth-order valence-corrected chi connectivity index (χ4v) is 2.60. The molecule has 1 aromatic heterocycles. The highest BCUT2D eigenvalue weighted by Crippen LogP contribution is 2.24. The summed E-state index contributed by atoms with van der Waals surface area (Å²) in [6.07, 6.45) is 1.78. The van der Waals surface area contributed by atoms with Crippen LogP contribution in [0.2, 0.25) is 0 Å². The number of hydrogen-bond donors (Lipinski definition) is 2. The van der Waals surface area contributed by atoms with E-state index in [-0.39, 0.29) is 11.5 Å². The second-order valence-corrected chi connectivity index (χ2v) is 6.13. The average molecular weight is 389 g/mol. The molecule has 0 aliphatic heterocycles. The maximum Gasteiger partial charge on any atom is 0.323 e. The number of halogens is 2. The third-order valence-electron chi connectivity index (χ3n) is 3.42. The van der Waals surface area contributed by atoms with E-state index in [1.165, 1.54) is 12.1 Å². The fourth-order valence-electron chi connectivity index (χ4n) is 2.22. The Balaban J connectivity index is 1.92. The van der Waals surface area contributed by atoms with E-state index in [0.29, 0.717) is 23.1 Å².